The summed E-state index contributed by atoms with van der Waals surface area (Å²) in [5.74, 6) is 0. The molecule has 0 fully saturated rings. The molecule has 0 saturated carbocycles. The molecular formula is C55H83Br2NS6Si2. The predicted octanol–water partition coefficient (Wildman–Crippen LogP) is 23.2. The van der Waals surface area contributed by atoms with Gasteiger partial charge in [0.2, 0.25) is 0 Å². The number of nitrogens with zero attached hydrogens (tertiary/aromatic N) is 1. The van der Waals surface area contributed by atoms with E-state index in [1.54, 1.807) is 44.7 Å². The fourth-order valence-electron chi connectivity index (χ4n) is 12.7. The first-order chi connectivity index (χ1) is 31.5. The van der Waals surface area contributed by atoms with Crippen molar-refractivity contribution in [1.82, 2.24) is 4.57 Å². The third kappa shape index (κ3) is 11.0. The minimum absolute atomic E-state index is 0.632. The summed E-state index contributed by atoms with van der Waals surface area (Å²) in [7, 11) is -3.23. The molecule has 0 amide bonds. The van der Waals surface area contributed by atoms with Gasteiger partial charge >= 0.3 is 0 Å². The van der Waals surface area contributed by atoms with E-state index in [1.165, 1.54) is 124 Å². The molecule has 0 aliphatic rings. The number of halogens is 2. The fraction of sp³-hybridized carbons (Fsp3) is 0.636. The van der Waals surface area contributed by atoms with E-state index in [4.69, 9.17) is 0 Å². The Balaban J connectivity index is 0.000000245. The van der Waals surface area contributed by atoms with Gasteiger partial charge in [0.1, 0.15) is 16.1 Å². The van der Waals surface area contributed by atoms with Gasteiger partial charge in [-0.05, 0) is 122 Å². The van der Waals surface area contributed by atoms with Crippen LogP contribution < -0.4 is 9.00 Å². The lowest BCUT2D eigenvalue weighted by atomic mass is 9.99. The molecule has 0 atom stereocenters. The van der Waals surface area contributed by atoms with Gasteiger partial charge in [0.05, 0.1) is 44.1 Å². The Morgan fingerprint density at radius 3 is 1.39 bits per heavy atom. The summed E-state index contributed by atoms with van der Waals surface area (Å²) in [6, 6.07) is 10.4. The number of thiophene rings is 6. The van der Waals surface area contributed by atoms with Crippen molar-refractivity contribution < 1.29 is 0 Å². The van der Waals surface area contributed by atoms with Gasteiger partial charge in [0, 0.05) is 19.9 Å². The van der Waals surface area contributed by atoms with Gasteiger partial charge in [0.15, 0.2) is 0 Å². The second-order valence-corrected chi connectivity index (χ2v) is 41.4. The third-order valence-electron chi connectivity index (χ3n) is 15.6. The van der Waals surface area contributed by atoms with Crippen molar-refractivity contribution >= 4 is 164 Å². The maximum atomic E-state index is 3.92. The normalized spacial score (nSPS) is 13.1. The molecule has 0 aliphatic heterocycles. The summed E-state index contributed by atoms with van der Waals surface area (Å²) < 4.78 is 18.0. The summed E-state index contributed by atoms with van der Waals surface area (Å²) in [4.78, 5) is 2.70. The molecule has 0 radical (unpaired) electrons. The molecule has 66 heavy (non-hydrogen) atoms. The summed E-state index contributed by atoms with van der Waals surface area (Å²) in [5, 5.41) is 4.50. The number of fused-ring (bicyclic) bond motifs is 6. The smallest absolute Gasteiger partial charge is 0.107 e. The molecule has 0 spiro atoms. The molecule has 7 rings (SSSR count). The van der Waals surface area contributed by atoms with E-state index in [0.29, 0.717) is 6.04 Å². The standard InChI is InChI=1S/C36H59NS3Si.C19H24Br2S3Si/c1-9-11-13-15-17-19-21-29(22-20-18-16-14-12-10-2)37-30-23-24-38-34(30)36-33(37)35-31(39-36)25-32(40-35)41(26(3)4,27(5)6)28(7)8;1-10(2)25(11(3)4,12(5)6)15-9-14-18(24-15)16(21)19(23-14)17-13(20)7-8-22-17/h23-29H,9-22H2,1-8H3;7-12H,1-6H3. The molecule has 7 heterocycles. The largest absolute Gasteiger partial charge is 0.335 e. The van der Waals surface area contributed by atoms with Crippen LogP contribution in [0.5, 0.6) is 0 Å². The van der Waals surface area contributed by atoms with Crippen molar-refractivity contribution in [3.8, 4) is 9.75 Å². The quantitative estimate of drug-likeness (QED) is 0.0420. The summed E-state index contributed by atoms with van der Waals surface area (Å²) in [6.07, 6.45) is 19.4. The first kappa shape index (κ1) is 55.2. The SMILES string of the molecule is CC(C)[Si](c1cc2sc(-c3sccc3Br)c(Br)c2s1)(C(C)C)C(C)C.CCCCCCCCC(CCCCCCCC)n1c2ccsc2c2sc3cc([Si](C(C)C)(C(C)C)C(C)C)sc3c21. The Morgan fingerprint density at radius 2 is 0.939 bits per heavy atom. The van der Waals surface area contributed by atoms with Crippen LogP contribution in [0.15, 0.2) is 44.0 Å². The monoisotopic (exact) mass is 1160 g/mol. The van der Waals surface area contributed by atoms with Crippen LogP contribution in [0, 0.1) is 0 Å². The highest BCUT2D eigenvalue weighted by atomic mass is 79.9. The molecule has 0 N–H and O–H groups in total. The van der Waals surface area contributed by atoms with Crippen LogP contribution in [0.2, 0.25) is 33.2 Å². The zero-order valence-corrected chi connectivity index (χ0v) is 53.1. The first-order valence-electron chi connectivity index (χ1n) is 25.9. The summed E-state index contributed by atoms with van der Waals surface area (Å²) in [6.45, 7) is 34.5. The molecule has 11 heteroatoms. The summed E-state index contributed by atoms with van der Waals surface area (Å²) in [5.41, 5.74) is 7.66. The minimum Gasteiger partial charge on any atom is -0.335 e. The van der Waals surface area contributed by atoms with Crippen LogP contribution in [0.25, 0.3) is 49.0 Å². The molecule has 366 valence electrons. The van der Waals surface area contributed by atoms with Gasteiger partial charge in [-0.15, -0.1) is 68.0 Å². The van der Waals surface area contributed by atoms with Crippen LogP contribution >= 0.6 is 99.9 Å². The summed E-state index contributed by atoms with van der Waals surface area (Å²) >= 11 is 19.7. The van der Waals surface area contributed by atoms with E-state index >= 15 is 0 Å². The van der Waals surface area contributed by atoms with Crippen molar-refractivity contribution in [2.45, 2.75) is 226 Å². The number of rotatable bonds is 24. The Morgan fingerprint density at radius 1 is 0.485 bits per heavy atom. The van der Waals surface area contributed by atoms with Crippen molar-refractivity contribution in [3.05, 3.63) is 44.0 Å². The van der Waals surface area contributed by atoms with Gasteiger partial charge in [-0.2, -0.15) is 0 Å². The first-order valence-corrected chi connectivity index (χ1v) is 37.0. The zero-order valence-electron chi connectivity index (χ0n) is 43.1. The Labute approximate surface area is 444 Å². The molecule has 0 unspecified atom stereocenters. The number of unbranched alkanes of at least 4 members (excludes halogenated alkanes) is 10. The molecule has 1 nitrogen and oxygen atoms in total. The Kier molecular flexibility index (Phi) is 20.6. The van der Waals surface area contributed by atoms with E-state index in [-0.39, 0.29) is 0 Å². The molecular weight excluding hydrogens is 1080 g/mol. The highest BCUT2D eigenvalue weighted by Gasteiger charge is 2.47. The zero-order chi connectivity index (χ0) is 48.1. The Bertz CT molecular complexity index is 2510. The average Bonchev–Trinajstić information content (AvgIpc) is 4.12. The lowest BCUT2D eigenvalue weighted by Crippen LogP contribution is -2.54. The van der Waals surface area contributed by atoms with Gasteiger partial charge < -0.3 is 4.57 Å². The van der Waals surface area contributed by atoms with E-state index in [0.717, 1.165) is 33.2 Å². The molecule has 0 bridgehead atoms. The predicted molar refractivity (Wildman–Crippen MR) is 325 cm³/mol. The molecule has 0 aromatic carbocycles. The topological polar surface area (TPSA) is 4.93 Å². The van der Waals surface area contributed by atoms with Crippen molar-refractivity contribution in [2.75, 3.05) is 0 Å². The van der Waals surface area contributed by atoms with E-state index in [1.807, 2.05) is 22.7 Å². The molecule has 0 saturated heterocycles. The minimum atomic E-state index is -1.66. The van der Waals surface area contributed by atoms with E-state index < -0.39 is 16.1 Å². The molecule has 7 aromatic heterocycles. The van der Waals surface area contributed by atoms with Gasteiger partial charge in [-0.3, -0.25) is 0 Å². The van der Waals surface area contributed by atoms with Crippen LogP contribution in [-0.2, 0) is 0 Å². The second-order valence-electron chi connectivity index (χ2n) is 21.3. The second kappa shape index (κ2) is 24.6. The highest BCUT2D eigenvalue weighted by Crippen LogP contribution is 2.52. The van der Waals surface area contributed by atoms with Crippen molar-refractivity contribution in [3.63, 3.8) is 0 Å². The van der Waals surface area contributed by atoms with Crippen molar-refractivity contribution in [1.29, 1.82) is 0 Å². The lowest BCUT2D eigenvalue weighted by Gasteiger charge is -2.42. The van der Waals surface area contributed by atoms with Crippen LogP contribution in [-0.4, -0.2) is 20.7 Å². The van der Waals surface area contributed by atoms with Crippen LogP contribution in [0.1, 0.15) is 193 Å². The van der Waals surface area contributed by atoms with Gasteiger partial charge in [-0.25, -0.2) is 0 Å². The van der Waals surface area contributed by atoms with E-state index in [9.17, 15) is 0 Å². The number of aromatic nitrogens is 1. The fourth-order valence-corrected chi connectivity index (χ4v) is 40.0. The number of hydrogen-bond acceptors (Lipinski definition) is 6. The third-order valence-corrected chi connectivity index (χ3v) is 40.6. The molecule has 7 aromatic rings. The maximum Gasteiger partial charge on any atom is 0.107 e. The Hall–Kier alpha value is -0.0862. The number of hydrogen-bond donors (Lipinski definition) is 0. The average molecular weight is 1170 g/mol. The van der Waals surface area contributed by atoms with E-state index in [2.05, 4.69) is 202 Å². The molecule has 0 aliphatic carbocycles. The van der Waals surface area contributed by atoms with Crippen LogP contribution in [0.4, 0.5) is 0 Å². The van der Waals surface area contributed by atoms with Crippen molar-refractivity contribution in [2.24, 2.45) is 0 Å². The van der Waals surface area contributed by atoms with Gasteiger partial charge in [0.25, 0.3) is 0 Å². The van der Waals surface area contributed by atoms with Gasteiger partial charge in [-0.1, -0.05) is 174 Å². The maximum absolute atomic E-state index is 3.92. The highest BCUT2D eigenvalue weighted by molar-refractivity contribution is 9.11. The van der Waals surface area contributed by atoms with Crippen LogP contribution in [0.3, 0.4) is 0 Å². The lowest BCUT2D eigenvalue weighted by molar-refractivity contribution is 0.410.